The van der Waals surface area contributed by atoms with Crippen LogP contribution in [0.5, 0.6) is 0 Å². The van der Waals surface area contributed by atoms with E-state index in [0.29, 0.717) is 18.7 Å². The molecule has 0 spiro atoms. The van der Waals surface area contributed by atoms with E-state index in [1.807, 2.05) is 31.2 Å². The molecule has 15 heavy (non-hydrogen) atoms. The smallest absolute Gasteiger partial charge is 0.254 e. The first-order valence-corrected chi connectivity index (χ1v) is 5.64. The van der Waals surface area contributed by atoms with Crippen molar-refractivity contribution in [1.29, 1.82) is 0 Å². The monoisotopic (exact) mass is 267 g/mol. The molecule has 1 rings (SSSR count). The zero-order valence-corrected chi connectivity index (χ0v) is 10.3. The minimum absolute atomic E-state index is 0.0405. The second-order valence-corrected chi connectivity index (χ2v) is 4.06. The Balaban J connectivity index is 2.87. The van der Waals surface area contributed by atoms with E-state index in [2.05, 4.69) is 22.5 Å². The van der Waals surface area contributed by atoms with E-state index in [0.717, 1.165) is 4.47 Å². The Morgan fingerprint density at radius 2 is 2.33 bits per heavy atom. The van der Waals surface area contributed by atoms with Crippen molar-refractivity contribution in [2.24, 2.45) is 0 Å². The van der Waals surface area contributed by atoms with Gasteiger partial charge in [0.25, 0.3) is 5.91 Å². The molecule has 80 valence electrons. The lowest BCUT2D eigenvalue weighted by atomic mass is 10.2. The predicted octanol–water partition coefficient (Wildman–Crippen LogP) is 3.10. The van der Waals surface area contributed by atoms with E-state index in [4.69, 9.17) is 0 Å². The number of halogens is 1. The fraction of sp³-hybridized carbons (Fsp3) is 0.250. The molecule has 0 aromatic heterocycles. The molecule has 0 saturated carbocycles. The van der Waals surface area contributed by atoms with Gasteiger partial charge in [0.2, 0.25) is 0 Å². The van der Waals surface area contributed by atoms with E-state index in [9.17, 15) is 4.79 Å². The van der Waals surface area contributed by atoms with Crippen LogP contribution in [0.4, 0.5) is 0 Å². The molecule has 0 bridgehead atoms. The lowest BCUT2D eigenvalue weighted by molar-refractivity contribution is 0.0782. The fourth-order valence-electron chi connectivity index (χ4n) is 1.32. The van der Waals surface area contributed by atoms with Gasteiger partial charge in [-0.15, -0.1) is 6.58 Å². The van der Waals surface area contributed by atoms with Gasteiger partial charge in [-0.3, -0.25) is 4.79 Å². The molecule has 0 heterocycles. The highest BCUT2D eigenvalue weighted by molar-refractivity contribution is 9.10. The molecular weight excluding hydrogens is 254 g/mol. The number of carbonyl (C=O) groups excluding carboxylic acids is 1. The number of carbonyl (C=O) groups is 1. The van der Waals surface area contributed by atoms with Gasteiger partial charge in [0.15, 0.2) is 0 Å². The molecule has 3 heteroatoms. The van der Waals surface area contributed by atoms with Crippen molar-refractivity contribution in [3.63, 3.8) is 0 Å². The summed E-state index contributed by atoms with van der Waals surface area (Å²) >= 11 is 3.35. The molecule has 0 N–H and O–H groups in total. The first-order valence-electron chi connectivity index (χ1n) is 4.84. The summed E-state index contributed by atoms with van der Waals surface area (Å²) in [7, 11) is 0. The average Bonchev–Trinajstić information content (AvgIpc) is 2.25. The normalized spacial score (nSPS) is 9.73. The molecule has 0 unspecified atom stereocenters. The summed E-state index contributed by atoms with van der Waals surface area (Å²) in [5.74, 6) is 0.0405. The van der Waals surface area contributed by atoms with E-state index in [1.165, 1.54) is 0 Å². The van der Waals surface area contributed by atoms with Gasteiger partial charge >= 0.3 is 0 Å². The number of rotatable bonds is 4. The van der Waals surface area contributed by atoms with Crippen molar-refractivity contribution < 1.29 is 4.79 Å². The highest BCUT2D eigenvalue weighted by Gasteiger charge is 2.12. The molecule has 0 saturated heterocycles. The van der Waals surface area contributed by atoms with Gasteiger partial charge in [-0.25, -0.2) is 0 Å². The number of benzene rings is 1. The van der Waals surface area contributed by atoms with Crippen molar-refractivity contribution in [2.45, 2.75) is 6.92 Å². The van der Waals surface area contributed by atoms with Crippen molar-refractivity contribution in [2.75, 3.05) is 13.1 Å². The first kappa shape index (κ1) is 12.0. The maximum absolute atomic E-state index is 12.0. The summed E-state index contributed by atoms with van der Waals surface area (Å²) in [4.78, 5) is 13.7. The molecule has 2 nitrogen and oxygen atoms in total. The lowest BCUT2D eigenvalue weighted by Gasteiger charge is -2.18. The fourth-order valence-corrected chi connectivity index (χ4v) is 1.71. The van der Waals surface area contributed by atoms with Crippen LogP contribution in [0, 0.1) is 0 Å². The van der Waals surface area contributed by atoms with Crippen LogP contribution < -0.4 is 0 Å². The van der Waals surface area contributed by atoms with Crippen LogP contribution in [0.15, 0.2) is 41.4 Å². The largest absolute Gasteiger partial charge is 0.335 e. The highest BCUT2D eigenvalue weighted by atomic mass is 79.9. The molecule has 0 fully saturated rings. The number of amides is 1. The van der Waals surface area contributed by atoms with Gasteiger partial charge in [-0.05, 0) is 25.1 Å². The van der Waals surface area contributed by atoms with Gasteiger partial charge in [-0.1, -0.05) is 28.1 Å². The number of hydrogen-bond donors (Lipinski definition) is 0. The van der Waals surface area contributed by atoms with E-state index in [1.54, 1.807) is 11.0 Å². The lowest BCUT2D eigenvalue weighted by Crippen LogP contribution is -2.30. The maximum Gasteiger partial charge on any atom is 0.254 e. The summed E-state index contributed by atoms with van der Waals surface area (Å²) < 4.78 is 0.919. The van der Waals surface area contributed by atoms with Gasteiger partial charge in [0.05, 0.1) is 0 Å². The van der Waals surface area contributed by atoms with Crippen molar-refractivity contribution in [3.05, 3.63) is 47.0 Å². The first-order chi connectivity index (χ1) is 7.19. The van der Waals surface area contributed by atoms with Crippen LogP contribution >= 0.6 is 15.9 Å². The Kier molecular flexibility index (Phi) is 4.56. The third kappa shape index (κ3) is 3.20. The molecule has 1 amide bonds. The van der Waals surface area contributed by atoms with Crippen molar-refractivity contribution in [3.8, 4) is 0 Å². The third-order valence-corrected chi connectivity index (χ3v) is 2.58. The molecule has 0 aliphatic carbocycles. The second kappa shape index (κ2) is 5.71. The number of likely N-dealkylation sites (N-methyl/N-ethyl adjacent to an activating group) is 1. The van der Waals surface area contributed by atoms with Crippen LogP contribution in [0.3, 0.4) is 0 Å². The maximum atomic E-state index is 12.0. The Morgan fingerprint density at radius 1 is 1.60 bits per heavy atom. The van der Waals surface area contributed by atoms with Crippen LogP contribution in [-0.2, 0) is 0 Å². The quantitative estimate of drug-likeness (QED) is 0.768. The van der Waals surface area contributed by atoms with Gasteiger partial charge in [0.1, 0.15) is 0 Å². The predicted molar refractivity (Wildman–Crippen MR) is 65.9 cm³/mol. The zero-order valence-electron chi connectivity index (χ0n) is 8.74. The summed E-state index contributed by atoms with van der Waals surface area (Å²) in [5.41, 5.74) is 0.702. The SMILES string of the molecule is C=CCN(CC)C(=O)c1cccc(Br)c1. The van der Waals surface area contributed by atoms with Crippen LogP contribution in [-0.4, -0.2) is 23.9 Å². The summed E-state index contributed by atoms with van der Waals surface area (Å²) in [6, 6.07) is 7.41. The summed E-state index contributed by atoms with van der Waals surface area (Å²) in [5, 5.41) is 0. The molecule has 1 aromatic carbocycles. The summed E-state index contributed by atoms with van der Waals surface area (Å²) in [6.45, 7) is 6.87. The van der Waals surface area contributed by atoms with Gasteiger partial charge in [0, 0.05) is 23.1 Å². The third-order valence-electron chi connectivity index (χ3n) is 2.09. The highest BCUT2D eigenvalue weighted by Crippen LogP contribution is 2.13. The molecule has 0 aliphatic heterocycles. The molecule has 0 radical (unpaired) electrons. The molecule has 0 aliphatic rings. The van der Waals surface area contributed by atoms with Crippen LogP contribution in [0.2, 0.25) is 0 Å². The molecular formula is C12H14BrNO. The standard InChI is InChI=1S/C12H14BrNO/c1-3-8-14(4-2)12(15)10-6-5-7-11(13)9-10/h3,5-7,9H,1,4,8H2,2H3. The van der Waals surface area contributed by atoms with Crippen LogP contribution in [0.1, 0.15) is 17.3 Å². The van der Waals surface area contributed by atoms with E-state index < -0.39 is 0 Å². The van der Waals surface area contributed by atoms with Crippen LogP contribution in [0.25, 0.3) is 0 Å². The Morgan fingerprint density at radius 3 is 2.87 bits per heavy atom. The van der Waals surface area contributed by atoms with E-state index >= 15 is 0 Å². The Bertz CT molecular complexity index is 362. The van der Waals surface area contributed by atoms with E-state index in [-0.39, 0.29) is 5.91 Å². The van der Waals surface area contributed by atoms with Gasteiger partial charge < -0.3 is 4.90 Å². The second-order valence-electron chi connectivity index (χ2n) is 3.14. The summed E-state index contributed by atoms with van der Waals surface area (Å²) in [6.07, 6.45) is 1.74. The Hall–Kier alpha value is -1.09. The Labute approximate surface area is 98.7 Å². The topological polar surface area (TPSA) is 20.3 Å². The average molecular weight is 268 g/mol. The van der Waals surface area contributed by atoms with Gasteiger partial charge in [-0.2, -0.15) is 0 Å². The molecule has 1 aromatic rings. The number of hydrogen-bond acceptors (Lipinski definition) is 1. The zero-order chi connectivity index (χ0) is 11.3. The molecule has 0 atom stereocenters. The number of nitrogens with zero attached hydrogens (tertiary/aromatic N) is 1. The minimum Gasteiger partial charge on any atom is -0.335 e. The minimum atomic E-state index is 0.0405. The van der Waals surface area contributed by atoms with Crippen molar-refractivity contribution >= 4 is 21.8 Å². The van der Waals surface area contributed by atoms with Crippen molar-refractivity contribution in [1.82, 2.24) is 4.90 Å².